The second kappa shape index (κ2) is 5.91. The summed E-state index contributed by atoms with van der Waals surface area (Å²) in [5, 5.41) is 2.71. The van der Waals surface area contributed by atoms with E-state index in [1.54, 1.807) is 9.12 Å². The summed E-state index contributed by atoms with van der Waals surface area (Å²) in [6.07, 6.45) is 3.22. The van der Waals surface area contributed by atoms with Crippen LogP contribution < -0.4 is 0 Å². The molecule has 0 aliphatic carbocycles. The summed E-state index contributed by atoms with van der Waals surface area (Å²) in [4.78, 5) is 0. The van der Waals surface area contributed by atoms with Gasteiger partial charge in [0.05, 0.1) is 5.52 Å². The van der Waals surface area contributed by atoms with E-state index in [1.165, 1.54) is 38.6 Å². The van der Waals surface area contributed by atoms with Gasteiger partial charge in [0.1, 0.15) is 0 Å². The number of halogens is 1. The highest BCUT2D eigenvalue weighted by atomic mass is 127. The summed E-state index contributed by atoms with van der Waals surface area (Å²) in [6, 6.07) is 17.3. The molecule has 0 aliphatic rings. The van der Waals surface area contributed by atoms with Crippen LogP contribution in [0.25, 0.3) is 21.8 Å². The average molecular weight is 432 g/mol. The highest BCUT2D eigenvalue weighted by Gasteiger charge is 2.16. The first-order valence-corrected chi connectivity index (χ1v) is 10.9. The minimum absolute atomic E-state index is 0.956. The normalized spacial score (nSPS) is 11.6. The van der Waals surface area contributed by atoms with E-state index in [0.29, 0.717) is 0 Å². The van der Waals surface area contributed by atoms with Crippen LogP contribution in [0.15, 0.2) is 54.7 Å². The molecular weight excluding hydrogens is 415 g/mol. The first kappa shape index (κ1) is 15.1. The lowest BCUT2D eigenvalue weighted by atomic mass is 10.1. The van der Waals surface area contributed by atoms with Gasteiger partial charge in [-0.1, -0.05) is 36.4 Å². The van der Waals surface area contributed by atoms with E-state index in [0.717, 1.165) is 6.42 Å². The Balaban J connectivity index is 1.91. The molecule has 0 unspecified atom stereocenters. The molecule has 0 N–H and O–H groups in total. The van der Waals surface area contributed by atoms with Gasteiger partial charge in [0.25, 0.3) is 0 Å². The predicted octanol–water partition coefficient (Wildman–Crippen LogP) is 5.88. The zero-order chi connectivity index (χ0) is 16.0. The standard InChI is InChI=1S/C19H17IN2S/c1-13-15-7-3-6-10-18(15)22(23-20)19(13)11-14-12-21(2)17-9-5-4-8-16(14)17/h3-10,12H,11H2,1-2H3. The molecule has 2 heterocycles. The van der Waals surface area contributed by atoms with Crippen LogP contribution in [-0.4, -0.2) is 8.54 Å². The predicted molar refractivity (Wildman–Crippen MR) is 109 cm³/mol. The Morgan fingerprint density at radius 2 is 1.61 bits per heavy atom. The lowest BCUT2D eigenvalue weighted by molar-refractivity contribution is 0.952. The van der Waals surface area contributed by atoms with Crippen LogP contribution in [0.5, 0.6) is 0 Å². The Labute approximate surface area is 152 Å². The lowest BCUT2D eigenvalue weighted by Gasteiger charge is -2.06. The highest BCUT2D eigenvalue weighted by molar-refractivity contribution is 14.2. The molecule has 0 fully saturated rings. The summed E-state index contributed by atoms with van der Waals surface area (Å²) in [6.45, 7) is 2.24. The van der Waals surface area contributed by atoms with Crippen molar-refractivity contribution < 1.29 is 0 Å². The molecule has 4 aromatic rings. The second-order valence-corrected chi connectivity index (χ2v) is 7.60. The molecule has 2 nitrogen and oxygen atoms in total. The van der Waals surface area contributed by atoms with E-state index < -0.39 is 0 Å². The lowest BCUT2D eigenvalue weighted by Crippen LogP contribution is -1.96. The molecule has 0 saturated heterocycles. The van der Waals surface area contributed by atoms with Gasteiger partial charge in [0.15, 0.2) is 0 Å². The fourth-order valence-corrected chi connectivity index (χ4v) is 5.32. The van der Waals surface area contributed by atoms with Crippen LogP contribution in [0.3, 0.4) is 0 Å². The Bertz CT molecular complexity index is 1010. The Hall–Kier alpha value is -1.40. The van der Waals surface area contributed by atoms with Crippen molar-refractivity contribution in [2.24, 2.45) is 7.05 Å². The smallest absolute Gasteiger partial charge is 0.0604 e. The number of para-hydroxylation sites is 2. The first-order valence-electron chi connectivity index (χ1n) is 7.61. The molecule has 116 valence electrons. The largest absolute Gasteiger partial charge is 0.350 e. The van der Waals surface area contributed by atoms with E-state index in [4.69, 9.17) is 0 Å². The number of aromatic nitrogens is 2. The summed E-state index contributed by atoms with van der Waals surface area (Å²) < 4.78 is 4.59. The first-order chi connectivity index (χ1) is 11.2. The third-order valence-corrected chi connectivity index (χ3v) is 6.35. The monoisotopic (exact) mass is 432 g/mol. The minimum Gasteiger partial charge on any atom is -0.350 e. The molecule has 0 amide bonds. The average Bonchev–Trinajstić information content (AvgIpc) is 3.04. The van der Waals surface area contributed by atoms with E-state index in [1.807, 2.05) is 0 Å². The molecule has 0 radical (unpaired) electrons. The number of rotatable bonds is 3. The number of fused-ring (bicyclic) bond motifs is 2. The Kier molecular flexibility index (Phi) is 3.89. The molecule has 0 aliphatic heterocycles. The molecule has 4 heteroatoms. The molecule has 0 bridgehead atoms. The quantitative estimate of drug-likeness (QED) is 0.368. The molecule has 4 rings (SSSR count). The van der Waals surface area contributed by atoms with Gasteiger partial charge in [-0.05, 0) is 30.2 Å². The second-order valence-electron chi connectivity index (χ2n) is 5.91. The van der Waals surface area contributed by atoms with E-state index in [-0.39, 0.29) is 0 Å². The number of benzene rings is 2. The van der Waals surface area contributed by atoms with Gasteiger partial charge in [0, 0.05) is 72.0 Å². The van der Waals surface area contributed by atoms with Gasteiger partial charge in [-0.3, -0.25) is 3.97 Å². The van der Waals surface area contributed by atoms with Crippen LogP contribution in [0.4, 0.5) is 0 Å². The van der Waals surface area contributed by atoms with Crippen molar-refractivity contribution in [1.82, 2.24) is 8.54 Å². The van der Waals surface area contributed by atoms with Gasteiger partial charge < -0.3 is 4.57 Å². The molecule has 0 saturated carbocycles. The molecule has 0 atom stereocenters. The van der Waals surface area contributed by atoms with Crippen molar-refractivity contribution in [3.63, 3.8) is 0 Å². The van der Waals surface area contributed by atoms with E-state index in [2.05, 4.69) is 98.4 Å². The van der Waals surface area contributed by atoms with Crippen molar-refractivity contribution >= 4 is 52.1 Å². The summed E-state index contributed by atoms with van der Waals surface area (Å²) in [7, 11) is 3.88. The highest BCUT2D eigenvalue weighted by Crippen LogP contribution is 2.34. The van der Waals surface area contributed by atoms with Crippen molar-refractivity contribution in [3.05, 3.63) is 71.5 Å². The van der Waals surface area contributed by atoms with Crippen LogP contribution in [0, 0.1) is 6.92 Å². The van der Waals surface area contributed by atoms with Crippen LogP contribution in [-0.2, 0) is 13.5 Å². The number of hydrogen-bond acceptors (Lipinski definition) is 1. The third-order valence-electron chi connectivity index (χ3n) is 4.61. The molecule has 0 spiro atoms. The van der Waals surface area contributed by atoms with E-state index >= 15 is 0 Å². The van der Waals surface area contributed by atoms with Gasteiger partial charge in [0.2, 0.25) is 0 Å². The maximum atomic E-state index is 2.38. The topological polar surface area (TPSA) is 9.86 Å². The Morgan fingerprint density at radius 3 is 2.35 bits per heavy atom. The number of aryl methyl sites for hydroxylation is 2. The SMILES string of the molecule is Cc1c(Cc2cn(C)c3ccccc23)n(SI)c2ccccc12. The minimum atomic E-state index is 0.956. The molecule has 2 aromatic heterocycles. The summed E-state index contributed by atoms with van der Waals surface area (Å²) in [5.74, 6) is 0. The summed E-state index contributed by atoms with van der Waals surface area (Å²) >= 11 is 2.38. The molecule has 2 aromatic carbocycles. The van der Waals surface area contributed by atoms with Gasteiger partial charge >= 0.3 is 0 Å². The van der Waals surface area contributed by atoms with Crippen molar-refractivity contribution in [2.45, 2.75) is 13.3 Å². The zero-order valence-electron chi connectivity index (χ0n) is 13.1. The number of hydrogen-bond donors (Lipinski definition) is 0. The fourth-order valence-electron chi connectivity index (χ4n) is 3.45. The van der Waals surface area contributed by atoms with Gasteiger partial charge in [-0.2, -0.15) is 0 Å². The maximum absolute atomic E-state index is 2.38. The number of nitrogens with zero attached hydrogens (tertiary/aromatic N) is 2. The van der Waals surface area contributed by atoms with Crippen LogP contribution in [0.1, 0.15) is 16.8 Å². The Morgan fingerprint density at radius 1 is 0.957 bits per heavy atom. The molecular formula is C19H17IN2S. The van der Waals surface area contributed by atoms with Gasteiger partial charge in [-0.15, -0.1) is 0 Å². The van der Waals surface area contributed by atoms with Crippen LogP contribution >= 0.6 is 30.3 Å². The van der Waals surface area contributed by atoms with E-state index in [9.17, 15) is 0 Å². The summed E-state index contributed by atoms with van der Waals surface area (Å²) in [5.41, 5.74) is 6.77. The fraction of sp³-hybridized carbons (Fsp3) is 0.158. The molecule has 23 heavy (non-hydrogen) atoms. The third kappa shape index (κ3) is 2.39. The van der Waals surface area contributed by atoms with Crippen LogP contribution in [0.2, 0.25) is 0 Å². The van der Waals surface area contributed by atoms with Gasteiger partial charge in [-0.25, -0.2) is 0 Å². The van der Waals surface area contributed by atoms with Crippen molar-refractivity contribution in [2.75, 3.05) is 0 Å². The zero-order valence-corrected chi connectivity index (χ0v) is 16.1. The maximum Gasteiger partial charge on any atom is 0.0604 e. The van der Waals surface area contributed by atoms with Crippen molar-refractivity contribution in [1.29, 1.82) is 0 Å². The van der Waals surface area contributed by atoms with Crippen molar-refractivity contribution in [3.8, 4) is 0 Å².